The van der Waals surface area contributed by atoms with Crippen LogP contribution < -0.4 is 4.72 Å². The van der Waals surface area contributed by atoms with Gasteiger partial charge in [-0.15, -0.1) is 0 Å². The van der Waals surface area contributed by atoms with E-state index in [9.17, 15) is 8.42 Å². The third-order valence-electron chi connectivity index (χ3n) is 2.39. The SMILES string of the molecule is Cc1cccc(NS(=O)(=O)c2cn(C)cn2)c1Br. The maximum atomic E-state index is 12.1. The molecule has 0 aliphatic rings. The van der Waals surface area contributed by atoms with Gasteiger partial charge in [0.15, 0.2) is 5.03 Å². The highest BCUT2D eigenvalue weighted by molar-refractivity contribution is 9.10. The first kappa shape index (κ1) is 13.1. The summed E-state index contributed by atoms with van der Waals surface area (Å²) >= 11 is 3.36. The molecule has 0 aliphatic heterocycles. The van der Waals surface area contributed by atoms with Crippen molar-refractivity contribution in [2.24, 2.45) is 7.05 Å². The fourth-order valence-corrected chi connectivity index (χ4v) is 3.00. The van der Waals surface area contributed by atoms with Crippen LogP contribution in [0.1, 0.15) is 5.56 Å². The zero-order valence-electron chi connectivity index (χ0n) is 9.88. The molecule has 1 aromatic heterocycles. The number of aryl methyl sites for hydroxylation is 2. The zero-order valence-corrected chi connectivity index (χ0v) is 12.3. The van der Waals surface area contributed by atoms with Crippen LogP contribution in [0.25, 0.3) is 0 Å². The Kier molecular flexibility index (Phi) is 3.45. The van der Waals surface area contributed by atoms with Crippen LogP contribution in [-0.4, -0.2) is 18.0 Å². The van der Waals surface area contributed by atoms with E-state index in [1.165, 1.54) is 12.5 Å². The number of hydrogen-bond acceptors (Lipinski definition) is 3. The first-order valence-electron chi connectivity index (χ1n) is 5.16. The van der Waals surface area contributed by atoms with Gasteiger partial charge in [-0.05, 0) is 34.5 Å². The average molecular weight is 330 g/mol. The molecule has 1 aromatic carbocycles. The molecule has 0 unspecified atom stereocenters. The number of aromatic nitrogens is 2. The Morgan fingerprint density at radius 1 is 1.39 bits per heavy atom. The number of sulfonamides is 1. The molecule has 18 heavy (non-hydrogen) atoms. The minimum atomic E-state index is -3.64. The van der Waals surface area contributed by atoms with E-state index in [1.54, 1.807) is 23.7 Å². The Hall–Kier alpha value is -1.34. The number of nitrogens with zero attached hydrogens (tertiary/aromatic N) is 2. The molecular weight excluding hydrogens is 318 g/mol. The van der Waals surface area contributed by atoms with Crippen LogP contribution in [0.2, 0.25) is 0 Å². The highest BCUT2D eigenvalue weighted by Gasteiger charge is 2.18. The number of halogens is 1. The topological polar surface area (TPSA) is 64.0 Å². The molecule has 0 radical (unpaired) electrons. The summed E-state index contributed by atoms with van der Waals surface area (Å²) in [5, 5.41) is -0.00148. The third-order valence-corrected chi connectivity index (χ3v) is 4.70. The fraction of sp³-hybridized carbons (Fsp3) is 0.182. The number of anilines is 1. The summed E-state index contributed by atoms with van der Waals surface area (Å²) in [6.07, 6.45) is 2.89. The Labute approximate surface area is 114 Å². The lowest BCUT2D eigenvalue weighted by Gasteiger charge is -2.09. The van der Waals surface area contributed by atoms with E-state index in [0.29, 0.717) is 5.69 Å². The van der Waals surface area contributed by atoms with Gasteiger partial charge < -0.3 is 4.57 Å². The van der Waals surface area contributed by atoms with E-state index in [0.717, 1.165) is 10.0 Å². The molecule has 5 nitrogen and oxygen atoms in total. The Morgan fingerprint density at radius 3 is 2.72 bits per heavy atom. The van der Waals surface area contributed by atoms with Crippen molar-refractivity contribution in [1.29, 1.82) is 0 Å². The zero-order chi connectivity index (χ0) is 13.3. The molecule has 0 aliphatic carbocycles. The fourth-order valence-electron chi connectivity index (χ4n) is 1.45. The molecule has 0 atom stereocenters. The molecule has 2 rings (SSSR count). The second kappa shape index (κ2) is 4.74. The summed E-state index contributed by atoms with van der Waals surface area (Å²) in [6.45, 7) is 1.89. The van der Waals surface area contributed by atoms with Crippen LogP contribution in [0.4, 0.5) is 5.69 Å². The second-order valence-electron chi connectivity index (χ2n) is 3.92. The highest BCUT2D eigenvalue weighted by Crippen LogP contribution is 2.27. The van der Waals surface area contributed by atoms with Gasteiger partial charge in [0.25, 0.3) is 10.0 Å². The van der Waals surface area contributed by atoms with Crippen LogP contribution in [-0.2, 0) is 17.1 Å². The van der Waals surface area contributed by atoms with Gasteiger partial charge in [0.1, 0.15) is 0 Å². The molecule has 0 fully saturated rings. The predicted molar refractivity (Wildman–Crippen MR) is 72.9 cm³/mol. The van der Waals surface area contributed by atoms with Crippen molar-refractivity contribution >= 4 is 31.6 Å². The quantitative estimate of drug-likeness (QED) is 0.939. The third kappa shape index (κ3) is 2.56. The van der Waals surface area contributed by atoms with Gasteiger partial charge >= 0.3 is 0 Å². The molecule has 0 saturated heterocycles. The Balaban J connectivity index is 2.37. The number of imidazole rings is 1. The van der Waals surface area contributed by atoms with Gasteiger partial charge in [-0.1, -0.05) is 12.1 Å². The molecule has 1 heterocycles. The summed E-state index contributed by atoms with van der Waals surface area (Å²) in [4.78, 5) is 3.83. The molecule has 0 saturated carbocycles. The van der Waals surface area contributed by atoms with E-state index < -0.39 is 10.0 Å². The van der Waals surface area contributed by atoms with Gasteiger partial charge in [-0.25, -0.2) is 4.98 Å². The molecule has 1 N–H and O–H groups in total. The smallest absolute Gasteiger partial charge is 0.280 e. The molecule has 2 aromatic rings. The molecule has 96 valence electrons. The van der Waals surface area contributed by atoms with Crippen molar-refractivity contribution in [3.8, 4) is 0 Å². The van der Waals surface area contributed by atoms with Gasteiger partial charge in [-0.2, -0.15) is 8.42 Å². The van der Waals surface area contributed by atoms with Crippen molar-refractivity contribution in [1.82, 2.24) is 9.55 Å². The largest absolute Gasteiger partial charge is 0.339 e. The van der Waals surface area contributed by atoms with Crippen molar-refractivity contribution in [2.75, 3.05) is 4.72 Å². The lowest BCUT2D eigenvalue weighted by atomic mass is 10.2. The maximum absolute atomic E-state index is 12.1. The minimum absolute atomic E-state index is 0.00148. The van der Waals surface area contributed by atoms with Gasteiger partial charge in [0, 0.05) is 17.7 Å². The number of hydrogen-bond donors (Lipinski definition) is 1. The summed E-state index contributed by atoms with van der Waals surface area (Å²) in [6, 6.07) is 5.37. The van der Waals surface area contributed by atoms with Crippen molar-refractivity contribution in [3.63, 3.8) is 0 Å². The minimum Gasteiger partial charge on any atom is -0.339 e. The normalized spacial score (nSPS) is 11.5. The van der Waals surface area contributed by atoms with Crippen molar-refractivity contribution in [2.45, 2.75) is 11.9 Å². The van der Waals surface area contributed by atoms with Crippen LogP contribution in [0.5, 0.6) is 0 Å². The predicted octanol–water partition coefficient (Wildman–Crippen LogP) is 2.29. The molecule has 0 amide bonds. The van der Waals surface area contributed by atoms with E-state index in [1.807, 2.05) is 13.0 Å². The molecule has 0 spiro atoms. The van der Waals surface area contributed by atoms with E-state index in [-0.39, 0.29) is 5.03 Å². The number of rotatable bonds is 3. The number of nitrogens with one attached hydrogen (secondary N) is 1. The second-order valence-corrected chi connectivity index (χ2v) is 6.34. The first-order chi connectivity index (χ1) is 8.40. The molecule has 7 heteroatoms. The summed E-state index contributed by atoms with van der Waals surface area (Å²) in [5.74, 6) is 0. The van der Waals surface area contributed by atoms with Crippen LogP contribution in [0.3, 0.4) is 0 Å². The summed E-state index contributed by atoms with van der Waals surface area (Å²) in [7, 11) is -1.93. The lowest BCUT2D eigenvalue weighted by molar-refractivity contribution is 0.598. The van der Waals surface area contributed by atoms with Crippen molar-refractivity contribution < 1.29 is 8.42 Å². The van der Waals surface area contributed by atoms with Gasteiger partial charge in [0.2, 0.25) is 0 Å². The van der Waals surface area contributed by atoms with E-state index >= 15 is 0 Å². The lowest BCUT2D eigenvalue weighted by Crippen LogP contribution is -2.13. The van der Waals surface area contributed by atoms with Crippen LogP contribution in [0, 0.1) is 6.92 Å². The van der Waals surface area contributed by atoms with E-state index in [4.69, 9.17) is 0 Å². The summed E-state index contributed by atoms with van der Waals surface area (Å²) < 4.78 is 29.0. The molecule has 0 bridgehead atoms. The first-order valence-corrected chi connectivity index (χ1v) is 7.43. The monoisotopic (exact) mass is 329 g/mol. The van der Waals surface area contributed by atoms with Gasteiger partial charge in [0.05, 0.1) is 12.0 Å². The molecular formula is C11H12BrN3O2S. The van der Waals surface area contributed by atoms with Crippen LogP contribution in [0.15, 0.2) is 40.2 Å². The maximum Gasteiger partial charge on any atom is 0.280 e. The Morgan fingerprint density at radius 2 is 2.11 bits per heavy atom. The summed E-state index contributed by atoms with van der Waals surface area (Å²) in [5.41, 5.74) is 1.46. The van der Waals surface area contributed by atoms with Crippen molar-refractivity contribution in [3.05, 3.63) is 40.8 Å². The highest BCUT2D eigenvalue weighted by atomic mass is 79.9. The van der Waals surface area contributed by atoms with E-state index in [2.05, 4.69) is 25.6 Å². The number of benzene rings is 1. The Bertz CT molecular complexity index is 679. The van der Waals surface area contributed by atoms with Gasteiger partial charge in [-0.3, -0.25) is 4.72 Å². The standard InChI is InChI=1S/C11H12BrN3O2S/c1-8-4-3-5-9(11(8)12)14-18(16,17)10-6-15(2)7-13-10/h3-7,14H,1-2H3. The average Bonchev–Trinajstić information content (AvgIpc) is 2.72. The van der Waals surface area contributed by atoms with Crippen LogP contribution >= 0.6 is 15.9 Å².